The molecule has 0 radical (unpaired) electrons. The molecular weight excluding hydrogens is 414 g/mol. The van der Waals surface area contributed by atoms with Crippen molar-refractivity contribution in [3.05, 3.63) is 102 Å². The maximum Gasteiger partial charge on any atom is 0.0705 e. The number of nitrogens with two attached hydrogens (primary N) is 1. The van der Waals surface area contributed by atoms with E-state index in [-0.39, 0.29) is 0 Å². The van der Waals surface area contributed by atoms with Crippen LogP contribution in [0.25, 0.3) is 33.2 Å². The van der Waals surface area contributed by atoms with E-state index in [1.165, 1.54) is 34.2 Å². The van der Waals surface area contributed by atoms with Crippen LogP contribution in [0, 0.1) is 6.92 Å². The molecule has 2 aromatic carbocycles. The van der Waals surface area contributed by atoms with Crippen LogP contribution in [-0.2, 0) is 13.0 Å². The summed E-state index contributed by atoms with van der Waals surface area (Å²) in [6, 6.07) is 21.5. The first-order valence-corrected chi connectivity index (χ1v) is 12.3. The quantitative estimate of drug-likeness (QED) is 0.202. The van der Waals surface area contributed by atoms with Crippen molar-refractivity contribution in [2.24, 2.45) is 5.73 Å². The number of hydrogen-bond donors (Lipinski definition) is 2. The third-order valence-electron chi connectivity index (χ3n) is 6.45. The molecule has 0 saturated carbocycles. The predicted octanol–water partition coefficient (Wildman–Crippen LogP) is 7.85. The molecule has 0 aliphatic heterocycles. The van der Waals surface area contributed by atoms with Crippen molar-refractivity contribution < 1.29 is 0 Å². The summed E-state index contributed by atoms with van der Waals surface area (Å²) in [7, 11) is 0. The minimum atomic E-state index is 0.556. The largest absolute Gasteiger partial charge is 0.358 e. The molecule has 0 spiro atoms. The Labute approximate surface area is 203 Å². The molecule has 4 aromatic rings. The molecule has 0 saturated heterocycles. The fourth-order valence-corrected chi connectivity index (χ4v) is 4.53. The molecule has 4 rings (SSSR count). The lowest BCUT2D eigenvalue weighted by atomic mass is 9.92. The number of fused-ring (bicyclic) bond motifs is 1. The molecule has 2 aromatic heterocycles. The monoisotopic (exact) mass is 449 g/mol. The van der Waals surface area contributed by atoms with Crippen molar-refractivity contribution in [2.45, 2.75) is 53.0 Å². The van der Waals surface area contributed by atoms with E-state index in [1.54, 1.807) is 0 Å². The summed E-state index contributed by atoms with van der Waals surface area (Å²) >= 11 is 0. The fraction of sp³-hybridized carbons (Fsp3) is 0.258. The number of aryl methyl sites for hydroxylation is 2. The van der Waals surface area contributed by atoms with E-state index in [2.05, 4.69) is 86.1 Å². The normalized spacial score (nSPS) is 11.8. The third-order valence-corrected chi connectivity index (χ3v) is 6.45. The molecule has 34 heavy (non-hydrogen) atoms. The molecule has 174 valence electrons. The van der Waals surface area contributed by atoms with Gasteiger partial charge in [-0.2, -0.15) is 0 Å². The summed E-state index contributed by atoms with van der Waals surface area (Å²) in [6.45, 7) is 11.5. The highest BCUT2D eigenvalue weighted by Crippen LogP contribution is 2.37. The Bertz CT molecular complexity index is 1320. The summed E-state index contributed by atoms with van der Waals surface area (Å²) in [5, 5.41) is 1.24. The zero-order chi connectivity index (χ0) is 24.1. The van der Waals surface area contributed by atoms with E-state index in [0.29, 0.717) is 6.54 Å². The van der Waals surface area contributed by atoms with Crippen molar-refractivity contribution in [3.8, 4) is 11.1 Å². The van der Waals surface area contributed by atoms with Crippen molar-refractivity contribution in [2.75, 3.05) is 0 Å². The summed E-state index contributed by atoms with van der Waals surface area (Å²) in [5.41, 5.74) is 17.1. The molecule has 0 atom stereocenters. The maximum absolute atomic E-state index is 5.83. The van der Waals surface area contributed by atoms with E-state index in [9.17, 15) is 0 Å². The van der Waals surface area contributed by atoms with Gasteiger partial charge in [0.05, 0.1) is 5.69 Å². The Morgan fingerprint density at radius 1 is 1.06 bits per heavy atom. The Kier molecular flexibility index (Phi) is 7.44. The van der Waals surface area contributed by atoms with Gasteiger partial charge in [-0.1, -0.05) is 75.7 Å². The van der Waals surface area contributed by atoms with Crippen LogP contribution in [0.3, 0.4) is 0 Å². The predicted molar refractivity (Wildman–Crippen MR) is 147 cm³/mol. The summed E-state index contributed by atoms with van der Waals surface area (Å²) < 4.78 is 0. The minimum absolute atomic E-state index is 0.556. The molecule has 0 unspecified atom stereocenters. The minimum Gasteiger partial charge on any atom is -0.358 e. The second kappa shape index (κ2) is 10.7. The molecular formula is C31H35N3. The van der Waals surface area contributed by atoms with Crippen molar-refractivity contribution in [1.29, 1.82) is 0 Å². The highest BCUT2D eigenvalue weighted by Gasteiger charge is 2.16. The lowest BCUT2D eigenvalue weighted by Crippen LogP contribution is -1.95. The zero-order valence-electron chi connectivity index (χ0n) is 20.6. The lowest BCUT2D eigenvalue weighted by Gasteiger charge is -2.13. The summed E-state index contributed by atoms with van der Waals surface area (Å²) in [6.07, 6.45) is 6.62. The molecule has 2 heterocycles. The number of nitrogens with zero attached hydrogens (tertiary/aromatic N) is 1. The second-order valence-corrected chi connectivity index (χ2v) is 8.90. The molecule has 3 heteroatoms. The first kappa shape index (κ1) is 23.7. The number of allylic oxidation sites excluding steroid dienone is 3. The number of H-pyrrole nitrogens is 1. The Hall–Kier alpha value is -3.43. The number of rotatable bonds is 9. The van der Waals surface area contributed by atoms with Gasteiger partial charge in [0.15, 0.2) is 0 Å². The molecule has 3 N–H and O–H groups in total. The molecule has 0 aliphatic rings. The van der Waals surface area contributed by atoms with E-state index in [4.69, 9.17) is 10.7 Å². The molecule has 0 fully saturated rings. The van der Waals surface area contributed by atoms with E-state index in [0.717, 1.165) is 52.9 Å². The maximum atomic E-state index is 5.83. The highest BCUT2D eigenvalue weighted by atomic mass is 14.7. The molecule has 0 aliphatic carbocycles. The van der Waals surface area contributed by atoms with Gasteiger partial charge >= 0.3 is 0 Å². The average molecular weight is 450 g/mol. The van der Waals surface area contributed by atoms with E-state index >= 15 is 0 Å². The number of aromatic nitrogens is 2. The van der Waals surface area contributed by atoms with Crippen LogP contribution in [0.4, 0.5) is 0 Å². The van der Waals surface area contributed by atoms with Crippen molar-refractivity contribution >= 4 is 22.0 Å². The van der Waals surface area contributed by atoms with Gasteiger partial charge in [-0.25, -0.2) is 0 Å². The van der Waals surface area contributed by atoms with Crippen LogP contribution in [0.2, 0.25) is 0 Å². The van der Waals surface area contributed by atoms with Gasteiger partial charge in [-0.05, 0) is 66.3 Å². The standard InChI is InChI=1S/C31H35N3/c1-5-7-8-11-26(22(4)29-12-9-10-21(3)33-29)25-17-18-30-27(19-25)31(28(6-2)34-30)24-15-13-23(20-32)14-16-24/h9-19,34H,4-8,20,32H2,1-3H3/b26-11+. The number of aromatic amines is 1. The zero-order valence-corrected chi connectivity index (χ0v) is 20.6. The molecule has 3 nitrogen and oxygen atoms in total. The van der Waals surface area contributed by atoms with Crippen LogP contribution >= 0.6 is 0 Å². The van der Waals surface area contributed by atoms with Gasteiger partial charge in [0.1, 0.15) is 0 Å². The Balaban J connectivity index is 1.85. The van der Waals surface area contributed by atoms with Crippen LogP contribution in [0.5, 0.6) is 0 Å². The highest BCUT2D eigenvalue weighted by molar-refractivity contribution is 6.06. The average Bonchev–Trinajstić information content (AvgIpc) is 3.24. The van der Waals surface area contributed by atoms with E-state index in [1.807, 2.05) is 13.0 Å². The number of hydrogen-bond acceptors (Lipinski definition) is 2. The summed E-state index contributed by atoms with van der Waals surface area (Å²) in [4.78, 5) is 8.40. The topological polar surface area (TPSA) is 54.7 Å². The third kappa shape index (κ3) is 4.90. The number of benzene rings is 2. The number of nitrogens with one attached hydrogen (secondary N) is 1. The van der Waals surface area contributed by atoms with Crippen LogP contribution in [-0.4, -0.2) is 9.97 Å². The van der Waals surface area contributed by atoms with Crippen molar-refractivity contribution in [3.63, 3.8) is 0 Å². The number of unbranched alkanes of at least 4 members (excludes halogenated alkanes) is 2. The van der Waals surface area contributed by atoms with Gasteiger partial charge in [-0.15, -0.1) is 0 Å². The van der Waals surface area contributed by atoms with Crippen LogP contribution in [0.1, 0.15) is 61.3 Å². The fourth-order valence-electron chi connectivity index (χ4n) is 4.53. The van der Waals surface area contributed by atoms with Gasteiger partial charge in [-0.3, -0.25) is 4.98 Å². The van der Waals surface area contributed by atoms with Crippen LogP contribution < -0.4 is 5.73 Å². The summed E-state index contributed by atoms with van der Waals surface area (Å²) in [5.74, 6) is 0. The van der Waals surface area contributed by atoms with Gasteiger partial charge in [0.2, 0.25) is 0 Å². The first-order chi connectivity index (χ1) is 16.5. The van der Waals surface area contributed by atoms with Gasteiger partial charge in [0.25, 0.3) is 0 Å². The first-order valence-electron chi connectivity index (χ1n) is 12.3. The number of pyridine rings is 1. The van der Waals surface area contributed by atoms with Gasteiger partial charge in [0, 0.05) is 40.0 Å². The van der Waals surface area contributed by atoms with Crippen molar-refractivity contribution in [1.82, 2.24) is 9.97 Å². The molecule has 0 bridgehead atoms. The smallest absolute Gasteiger partial charge is 0.0705 e. The Morgan fingerprint density at radius 3 is 2.53 bits per heavy atom. The van der Waals surface area contributed by atoms with Gasteiger partial charge < -0.3 is 10.7 Å². The second-order valence-electron chi connectivity index (χ2n) is 8.90. The molecule has 0 amide bonds. The lowest BCUT2D eigenvalue weighted by molar-refractivity contribution is 0.816. The van der Waals surface area contributed by atoms with E-state index < -0.39 is 0 Å². The van der Waals surface area contributed by atoms with Crippen LogP contribution in [0.15, 0.2) is 73.3 Å². The Morgan fingerprint density at radius 2 is 1.85 bits per heavy atom. The SMILES string of the molecule is C=C(/C(=C\CCCC)c1ccc2[nH]c(CC)c(-c3ccc(CN)cc3)c2c1)c1cccc(C)n1.